The summed E-state index contributed by atoms with van der Waals surface area (Å²) >= 11 is 0. The summed E-state index contributed by atoms with van der Waals surface area (Å²) in [5, 5.41) is 26.6. The highest BCUT2D eigenvalue weighted by Crippen LogP contribution is 2.30. The molecule has 2 rings (SSSR count). The summed E-state index contributed by atoms with van der Waals surface area (Å²) in [6.45, 7) is 14.7. The number of hydrogen-bond acceptors (Lipinski definition) is 4. The summed E-state index contributed by atoms with van der Waals surface area (Å²) in [5.74, 6) is 0. The van der Waals surface area contributed by atoms with Crippen LogP contribution in [0.2, 0.25) is 0 Å². The lowest BCUT2D eigenvalue weighted by molar-refractivity contribution is 0.214. The summed E-state index contributed by atoms with van der Waals surface area (Å²) in [5.41, 5.74) is 5.80. The number of allylic oxidation sites excluding steroid dienone is 5. The summed E-state index contributed by atoms with van der Waals surface area (Å²) < 4.78 is 0. The van der Waals surface area contributed by atoms with Crippen LogP contribution in [0.3, 0.4) is 0 Å². The number of nitriles is 1. The molecular weight excluding hydrogens is 418 g/mol. The number of para-hydroxylation sites is 1. The van der Waals surface area contributed by atoms with Crippen LogP contribution >= 0.6 is 0 Å². The molecule has 0 aliphatic carbocycles. The molecule has 0 aromatic heterocycles. The molecule has 4 heteroatoms. The fourth-order valence-corrected chi connectivity index (χ4v) is 3.76. The lowest BCUT2D eigenvalue weighted by Crippen LogP contribution is -2.35. The number of benzene rings is 1. The van der Waals surface area contributed by atoms with Crippen molar-refractivity contribution in [2.24, 2.45) is 0 Å². The molecule has 3 N–H and O–H groups in total. The normalized spacial score (nSPS) is 16.4. The predicted octanol–water partition coefficient (Wildman–Crippen LogP) is 7.64. The molecule has 0 amide bonds. The molecule has 0 bridgehead atoms. The largest absolute Gasteiger partial charge is 0.387 e. The van der Waals surface area contributed by atoms with Gasteiger partial charge in [-0.15, -0.1) is 0 Å². The number of unbranched alkanes of at least 4 members (excludes halogenated alkanes) is 2. The number of anilines is 1. The van der Waals surface area contributed by atoms with Gasteiger partial charge in [-0.2, -0.15) is 5.26 Å². The number of nitrogens with one attached hydrogen (secondary N) is 2. The molecule has 0 saturated heterocycles. The third-order valence-electron chi connectivity index (χ3n) is 5.37. The maximum absolute atomic E-state index is 10.8. The Labute approximate surface area is 207 Å². The van der Waals surface area contributed by atoms with Gasteiger partial charge in [-0.3, -0.25) is 0 Å². The standard InChI is InChI=1S/C25H31N3O.C5H12/c1-5-9-18(3)15-19(4)27-23-17-24(28-22-12-8-7-11-21(22)23)25(29)16-20(10-6-2)13-14-26;1-3-5-4-2/h6-8,10-12,15-17,24-25,27-29H,4-5,9,13H2,1-3H3;3-5H2,1-2H3/b10-6-,18-15+,20-16+;. The highest BCUT2D eigenvalue weighted by Gasteiger charge is 2.23. The number of hydrogen-bond donors (Lipinski definition) is 3. The van der Waals surface area contributed by atoms with E-state index in [9.17, 15) is 5.11 Å². The van der Waals surface area contributed by atoms with Gasteiger partial charge in [-0.25, -0.2) is 0 Å². The zero-order valence-electron chi connectivity index (χ0n) is 21.7. The van der Waals surface area contributed by atoms with Gasteiger partial charge < -0.3 is 15.7 Å². The molecular formula is C30H43N3O. The summed E-state index contributed by atoms with van der Waals surface area (Å²) in [7, 11) is 0. The van der Waals surface area contributed by atoms with Crippen molar-refractivity contribution in [2.45, 2.75) is 85.3 Å². The third-order valence-corrected chi connectivity index (χ3v) is 5.37. The molecule has 4 nitrogen and oxygen atoms in total. The highest BCUT2D eigenvalue weighted by atomic mass is 16.3. The molecule has 1 aliphatic heterocycles. The quantitative estimate of drug-likeness (QED) is 0.296. The Hall–Kier alpha value is -3.03. The fourth-order valence-electron chi connectivity index (χ4n) is 3.76. The first-order valence-corrected chi connectivity index (χ1v) is 12.5. The van der Waals surface area contributed by atoms with Gasteiger partial charge in [-0.05, 0) is 50.1 Å². The fraction of sp³-hybridized carbons (Fsp3) is 0.433. The average molecular weight is 462 g/mol. The minimum atomic E-state index is -0.773. The highest BCUT2D eigenvalue weighted by molar-refractivity contribution is 5.80. The van der Waals surface area contributed by atoms with Crippen molar-refractivity contribution >= 4 is 11.4 Å². The van der Waals surface area contributed by atoms with Gasteiger partial charge in [0.1, 0.15) is 0 Å². The second-order valence-corrected chi connectivity index (χ2v) is 8.61. The zero-order chi connectivity index (χ0) is 25.3. The smallest absolute Gasteiger partial charge is 0.0964 e. The van der Waals surface area contributed by atoms with E-state index < -0.39 is 6.10 Å². The van der Waals surface area contributed by atoms with E-state index in [1.54, 1.807) is 6.08 Å². The van der Waals surface area contributed by atoms with Crippen LogP contribution in [0.4, 0.5) is 5.69 Å². The second kappa shape index (κ2) is 16.6. The number of fused-ring (bicyclic) bond motifs is 1. The number of nitrogens with zero attached hydrogens (tertiary/aromatic N) is 1. The molecule has 0 spiro atoms. The molecule has 1 heterocycles. The molecule has 0 radical (unpaired) electrons. The van der Waals surface area contributed by atoms with E-state index in [2.05, 4.69) is 57.1 Å². The molecule has 1 aliphatic rings. The van der Waals surface area contributed by atoms with Crippen LogP contribution in [0, 0.1) is 11.3 Å². The monoisotopic (exact) mass is 461 g/mol. The zero-order valence-corrected chi connectivity index (χ0v) is 21.7. The van der Waals surface area contributed by atoms with E-state index in [1.807, 2.05) is 49.4 Å². The van der Waals surface area contributed by atoms with E-state index >= 15 is 0 Å². The maximum atomic E-state index is 10.8. The van der Waals surface area contributed by atoms with Gasteiger partial charge in [0.05, 0.1) is 24.6 Å². The van der Waals surface area contributed by atoms with Crippen molar-refractivity contribution < 1.29 is 5.11 Å². The maximum Gasteiger partial charge on any atom is 0.0964 e. The van der Waals surface area contributed by atoms with Gasteiger partial charge in [0.15, 0.2) is 0 Å². The van der Waals surface area contributed by atoms with Crippen molar-refractivity contribution in [3.63, 3.8) is 0 Å². The topological polar surface area (TPSA) is 68.1 Å². The van der Waals surface area contributed by atoms with Crippen molar-refractivity contribution in [1.82, 2.24) is 5.32 Å². The van der Waals surface area contributed by atoms with Gasteiger partial charge >= 0.3 is 0 Å². The van der Waals surface area contributed by atoms with Crippen LogP contribution < -0.4 is 10.6 Å². The summed E-state index contributed by atoms with van der Waals surface area (Å²) in [6, 6.07) is 9.82. The Balaban J connectivity index is 0.00000104. The minimum Gasteiger partial charge on any atom is -0.387 e. The molecule has 2 unspecified atom stereocenters. The van der Waals surface area contributed by atoms with E-state index in [-0.39, 0.29) is 12.5 Å². The molecule has 2 atom stereocenters. The van der Waals surface area contributed by atoms with Crippen LogP contribution in [-0.2, 0) is 0 Å². The molecule has 1 aromatic rings. The first-order chi connectivity index (χ1) is 16.4. The molecule has 1 aromatic carbocycles. The molecule has 34 heavy (non-hydrogen) atoms. The SMILES string of the molecule is C=C(/C=C(\C)CCC)NC1=CC(C(O)/C=C(\C=C/C)CC#N)Nc2ccccc21.CCCCC. The van der Waals surface area contributed by atoms with Crippen LogP contribution in [0.15, 0.2) is 78.1 Å². The Morgan fingerprint density at radius 2 is 1.94 bits per heavy atom. The lowest BCUT2D eigenvalue weighted by Gasteiger charge is -2.29. The van der Waals surface area contributed by atoms with E-state index in [0.717, 1.165) is 41.1 Å². The lowest BCUT2D eigenvalue weighted by atomic mass is 9.97. The average Bonchev–Trinajstić information content (AvgIpc) is 2.80. The first-order valence-electron chi connectivity index (χ1n) is 12.5. The van der Waals surface area contributed by atoms with Gasteiger partial charge in [0.2, 0.25) is 0 Å². The summed E-state index contributed by atoms with van der Waals surface area (Å²) in [6.07, 6.45) is 15.2. The Morgan fingerprint density at radius 1 is 1.24 bits per heavy atom. The van der Waals surface area contributed by atoms with Crippen LogP contribution in [-0.4, -0.2) is 17.3 Å². The van der Waals surface area contributed by atoms with Crippen LogP contribution in [0.25, 0.3) is 5.70 Å². The van der Waals surface area contributed by atoms with E-state index in [0.29, 0.717) is 0 Å². The van der Waals surface area contributed by atoms with Crippen molar-refractivity contribution in [1.29, 1.82) is 5.26 Å². The van der Waals surface area contributed by atoms with Crippen molar-refractivity contribution in [2.75, 3.05) is 5.32 Å². The van der Waals surface area contributed by atoms with Gasteiger partial charge in [0, 0.05) is 22.6 Å². The van der Waals surface area contributed by atoms with E-state index in [1.165, 1.54) is 24.8 Å². The number of aliphatic hydroxyl groups is 1. The Morgan fingerprint density at radius 3 is 2.53 bits per heavy atom. The minimum absolute atomic E-state index is 0.262. The molecule has 184 valence electrons. The molecule has 0 saturated carbocycles. The third kappa shape index (κ3) is 10.3. The number of rotatable bonds is 11. The first kappa shape index (κ1) is 29.0. The summed E-state index contributed by atoms with van der Waals surface area (Å²) in [4.78, 5) is 0. The predicted molar refractivity (Wildman–Crippen MR) is 147 cm³/mol. The van der Waals surface area contributed by atoms with Crippen LogP contribution in [0.1, 0.15) is 78.7 Å². The second-order valence-electron chi connectivity index (χ2n) is 8.61. The Kier molecular flexibility index (Phi) is 14.1. The number of aliphatic hydroxyl groups excluding tert-OH is 1. The molecule has 0 fully saturated rings. The van der Waals surface area contributed by atoms with E-state index in [4.69, 9.17) is 5.26 Å². The van der Waals surface area contributed by atoms with Gasteiger partial charge in [-0.1, -0.05) is 89.0 Å². The van der Waals surface area contributed by atoms with Gasteiger partial charge in [0.25, 0.3) is 0 Å². The van der Waals surface area contributed by atoms with Crippen molar-refractivity contribution in [3.05, 3.63) is 83.6 Å². The van der Waals surface area contributed by atoms with Crippen molar-refractivity contribution in [3.8, 4) is 6.07 Å². The van der Waals surface area contributed by atoms with Crippen LogP contribution in [0.5, 0.6) is 0 Å². The Bertz CT molecular complexity index is 929.